The Morgan fingerprint density at radius 2 is 2.40 bits per heavy atom. The Morgan fingerprint density at radius 1 is 1.67 bits per heavy atom. The molecular formula is C9H12N4O2. The van der Waals surface area contributed by atoms with Gasteiger partial charge in [0.2, 0.25) is 11.8 Å². The summed E-state index contributed by atoms with van der Waals surface area (Å²) < 4.78 is 1.59. The van der Waals surface area contributed by atoms with Gasteiger partial charge in [0.05, 0.1) is 11.6 Å². The van der Waals surface area contributed by atoms with Crippen molar-refractivity contribution in [3.05, 3.63) is 18.0 Å². The Kier molecular flexibility index (Phi) is 2.08. The molecular weight excluding hydrogens is 196 g/mol. The van der Waals surface area contributed by atoms with Gasteiger partial charge in [-0.05, 0) is 0 Å². The number of amides is 2. The lowest BCUT2D eigenvalue weighted by Crippen LogP contribution is -2.41. The summed E-state index contributed by atoms with van der Waals surface area (Å²) in [6.07, 6.45) is 3.39. The third-order valence-electron chi connectivity index (χ3n) is 2.76. The number of imide groups is 1. The van der Waals surface area contributed by atoms with E-state index in [1.54, 1.807) is 24.1 Å². The number of aromatic nitrogens is 2. The summed E-state index contributed by atoms with van der Waals surface area (Å²) in [4.78, 5) is 22.9. The fourth-order valence-electron chi connectivity index (χ4n) is 1.83. The topological polar surface area (TPSA) is 90.0 Å². The number of nitrogens with zero attached hydrogens (tertiary/aromatic N) is 2. The van der Waals surface area contributed by atoms with Gasteiger partial charge in [0.1, 0.15) is 0 Å². The summed E-state index contributed by atoms with van der Waals surface area (Å²) in [5, 5.41) is 6.25. The summed E-state index contributed by atoms with van der Waals surface area (Å²) in [5.41, 5.74) is 5.38. The Morgan fingerprint density at radius 3 is 2.80 bits per heavy atom. The van der Waals surface area contributed by atoms with Gasteiger partial charge in [-0.2, -0.15) is 5.10 Å². The molecule has 0 bridgehead atoms. The lowest BCUT2D eigenvalue weighted by molar-refractivity contribution is -0.126. The van der Waals surface area contributed by atoms with Crippen molar-refractivity contribution in [2.75, 3.05) is 6.54 Å². The highest BCUT2D eigenvalue weighted by atomic mass is 16.2. The third kappa shape index (κ3) is 1.33. The van der Waals surface area contributed by atoms with Crippen molar-refractivity contribution in [1.29, 1.82) is 0 Å². The van der Waals surface area contributed by atoms with Crippen LogP contribution < -0.4 is 11.1 Å². The van der Waals surface area contributed by atoms with Crippen LogP contribution in [-0.2, 0) is 22.1 Å². The number of hydrogen-bond acceptors (Lipinski definition) is 4. The summed E-state index contributed by atoms with van der Waals surface area (Å²) in [6, 6.07) is 0. The molecule has 1 atom stereocenters. The lowest BCUT2D eigenvalue weighted by atomic mass is 9.81. The maximum atomic E-state index is 11.7. The second-order valence-electron chi connectivity index (χ2n) is 3.74. The lowest BCUT2D eigenvalue weighted by Gasteiger charge is -2.20. The number of hydrogen-bond donors (Lipinski definition) is 2. The first-order valence-corrected chi connectivity index (χ1v) is 4.62. The molecule has 0 aromatic carbocycles. The molecule has 3 N–H and O–H groups in total. The molecule has 1 aliphatic rings. The van der Waals surface area contributed by atoms with E-state index in [0.29, 0.717) is 5.56 Å². The van der Waals surface area contributed by atoms with Crippen molar-refractivity contribution < 1.29 is 9.59 Å². The maximum Gasteiger partial charge on any atom is 0.239 e. The summed E-state index contributed by atoms with van der Waals surface area (Å²) in [5.74, 6) is -0.614. The van der Waals surface area contributed by atoms with E-state index >= 15 is 0 Å². The van der Waals surface area contributed by atoms with Crippen LogP contribution in [0.5, 0.6) is 0 Å². The van der Waals surface area contributed by atoms with Gasteiger partial charge in [-0.25, -0.2) is 0 Å². The zero-order chi connectivity index (χ0) is 11.1. The van der Waals surface area contributed by atoms with Crippen LogP contribution in [0.15, 0.2) is 12.4 Å². The van der Waals surface area contributed by atoms with Crippen LogP contribution in [0.3, 0.4) is 0 Å². The monoisotopic (exact) mass is 208 g/mol. The fourth-order valence-corrected chi connectivity index (χ4v) is 1.83. The molecule has 1 aromatic rings. The van der Waals surface area contributed by atoms with Crippen LogP contribution in [0.1, 0.15) is 12.0 Å². The first-order valence-electron chi connectivity index (χ1n) is 4.62. The van der Waals surface area contributed by atoms with Gasteiger partial charge >= 0.3 is 0 Å². The van der Waals surface area contributed by atoms with Gasteiger partial charge in [0, 0.05) is 31.8 Å². The summed E-state index contributed by atoms with van der Waals surface area (Å²) in [7, 11) is 1.75. The van der Waals surface area contributed by atoms with E-state index in [9.17, 15) is 9.59 Å². The molecule has 6 nitrogen and oxygen atoms in total. The first-order chi connectivity index (χ1) is 7.08. The van der Waals surface area contributed by atoms with Crippen molar-refractivity contribution in [2.45, 2.75) is 11.8 Å². The minimum absolute atomic E-state index is 0.105. The molecule has 0 spiro atoms. The molecule has 2 rings (SSSR count). The minimum Gasteiger partial charge on any atom is -0.329 e. The highest BCUT2D eigenvalue weighted by Crippen LogP contribution is 2.30. The second-order valence-corrected chi connectivity index (χ2v) is 3.74. The van der Waals surface area contributed by atoms with Gasteiger partial charge in [0.25, 0.3) is 0 Å². The van der Waals surface area contributed by atoms with Gasteiger partial charge < -0.3 is 5.73 Å². The standard InChI is InChI=1S/C9H12N4O2/c1-13-4-6(3-11-13)9(5-10)2-7(14)12-8(9)15/h3-4H,2,5,10H2,1H3,(H,12,14,15). The molecule has 2 amide bonds. The molecule has 80 valence electrons. The number of carbonyl (C=O) groups is 2. The predicted molar refractivity (Wildman–Crippen MR) is 51.7 cm³/mol. The largest absolute Gasteiger partial charge is 0.329 e. The average molecular weight is 208 g/mol. The molecule has 1 aromatic heterocycles. The first kappa shape index (κ1) is 9.85. The van der Waals surface area contributed by atoms with E-state index in [4.69, 9.17) is 5.73 Å². The van der Waals surface area contributed by atoms with Crippen molar-refractivity contribution in [2.24, 2.45) is 12.8 Å². The van der Waals surface area contributed by atoms with Crippen molar-refractivity contribution in [3.8, 4) is 0 Å². The third-order valence-corrected chi connectivity index (χ3v) is 2.76. The summed E-state index contributed by atoms with van der Waals surface area (Å²) in [6.45, 7) is 0.107. The van der Waals surface area contributed by atoms with Crippen LogP contribution in [0.4, 0.5) is 0 Å². The number of rotatable bonds is 2. The number of nitrogens with two attached hydrogens (primary N) is 1. The van der Waals surface area contributed by atoms with E-state index in [-0.39, 0.29) is 24.8 Å². The molecule has 1 fully saturated rings. The highest BCUT2D eigenvalue weighted by molar-refractivity contribution is 6.09. The van der Waals surface area contributed by atoms with Crippen molar-refractivity contribution >= 4 is 11.8 Å². The van der Waals surface area contributed by atoms with Crippen LogP contribution in [0, 0.1) is 0 Å². The Hall–Kier alpha value is -1.69. The molecule has 2 heterocycles. The average Bonchev–Trinajstić information content (AvgIpc) is 2.71. The van der Waals surface area contributed by atoms with Crippen LogP contribution in [-0.4, -0.2) is 28.1 Å². The molecule has 6 heteroatoms. The number of nitrogens with one attached hydrogen (secondary N) is 1. The molecule has 0 radical (unpaired) electrons. The SMILES string of the molecule is Cn1cc(C2(CN)CC(=O)NC2=O)cn1. The number of aryl methyl sites for hydroxylation is 1. The van der Waals surface area contributed by atoms with E-state index in [1.165, 1.54) is 0 Å². The van der Waals surface area contributed by atoms with Gasteiger partial charge in [-0.15, -0.1) is 0 Å². The Balaban J connectivity index is 2.46. The zero-order valence-corrected chi connectivity index (χ0v) is 8.36. The maximum absolute atomic E-state index is 11.7. The molecule has 15 heavy (non-hydrogen) atoms. The molecule has 0 saturated carbocycles. The Bertz CT molecular complexity index is 426. The normalized spacial score (nSPS) is 25.7. The molecule has 1 saturated heterocycles. The van der Waals surface area contributed by atoms with E-state index in [1.807, 2.05) is 0 Å². The second kappa shape index (κ2) is 3.16. The van der Waals surface area contributed by atoms with E-state index < -0.39 is 5.41 Å². The van der Waals surface area contributed by atoms with E-state index in [2.05, 4.69) is 10.4 Å². The van der Waals surface area contributed by atoms with Crippen LogP contribution >= 0.6 is 0 Å². The quantitative estimate of drug-likeness (QED) is 0.589. The van der Waals surface area contributed by atoms with E-state index in [0.717, 1.165) is 0 Å². The molecule has 1 unspecified atom stereocenters. The van der Waals surface area contributed by atoms with Crippen LogP contribution in [0.2, 0.25) is 0 Å². The highest BCUT2D eigenvalue weighted by Gasteiger charge is 2.47. The molecule has 0 aliphatic carbocycles. The zero-order valence-electron chi connectivity index (χ0n) is 8.36. The Labute approximate surface area is 86.4 Å². The van der Waals surface area contributed by atoms with Gasteiger partial charge in [-0.3, -0.25) is 19.6 Å². The fraction of sp³-hybridized carbons (Fsp3) is 0.444. The van der Waals surface area contributed by atoms with Gasteiger partial charge in [0.15, 0.2) is 0 Å². The molecule has 1 aliphatic heterocycles. The number of carbonyl (C=O) groups excluding carboxylic acids is 2. The smallest absolute Gasteiger partial charge is 0.239 e. The predicted octanol–water partition coefficient (Wildman–Crippen LogP) is -1.34. The van der Waals surface area contributed by atoms with Crippen molar-refractivity contribution in [1.82, 2.24) is 15.1 Å². The minimum atomic E-state index is -0.925. The van der Waals surface area contributed by atoms with Crippen molar-refractivity contribution in [3.63, 3.8) is 0 Å². The van der Waals surface area contributed by atoms with Gasteiger partial charge in [-0.1, -0.05) is 0 Å². The summed E-state index contributed by atoms with van der Waals surface area (Å²) >= 11 is 0. The van der Waals surface area contributed by atoms with Crippen LogP contribution in [0.25, 0.3) is 0 Å².